The summed E-state index contributed by atoms with van der Waals surface area (Å²) >= 11 is 0. The van der Waals surface area contributed by atoms with Gasteiger partial charge in [-0.3, -0.25) is 0 Å². The van der Waals surface area contributed by atoms with Crippen LogP contribution in [-0.2, 0) is 10.0 Å². The number of unbranched alkanes of at least 4 members (excludes halogenated alkanes) is 1. The molecule has 2 N–H and O–H groups in total. The van der Waals surface area contributed by atoms with E-state index in [4.69, 9.17) is 0 Å². The van der Waals surface area contributed by atoms with Crippen LogP contribution < -0.4 is 10.0 Å². The number of nitrogens with one attached hydrogen (secondary N) is 2. The van der Waals surface area contributed by atoms with Crippen molar-refractivity contribution in [2.24, 2.45) is 0 Å². The summed E-state index contributed by atoms with van der Waals surface area (Å²) in [7, 11) is -1.11. The molecule has 0 aromatic carbocycles. The minimum atomic E-state index is -3.20. The Hall–Kier alpha value is -0.170. The van der Waals surface area contributed by atoms with Gasteiger partial charge in [0.1, 0.15) is 0 Å². The van der Waals surface area contributed by atoms with Gasteiger partial charge in [0.25, 0.3) is 0 Å². The molecular formula is C14H33N3O2S. The molecule has 0 fully saturated rings. The third kappa shape index (κ3) is 8.89. The molecule has 1 unspecified atom stereocenters. The topological polar surface area (TPSA) is 61.4 Å². The van der Waals surface area contributed by atoms with Crippen LogP contribution in [0, 0.1) is 0 Å². The van der Waals surface area contributed by atoms with Gasteiger partial charge in [0.2, 0.25) is 10.0 Å². The molecule has 0 aromatic rings. The monoisotopic (exact) mass is 307 g/mol. The molecule has 0 spiro atoms. The molecule has 20 heavy (non-hydrogen) atoms. The van der Waals surface area contributed by atoms with E-state index in [1.54, 1.807) is 6.92 Å². The molecule has 0 radical (unpaired) electrons. The smallest absolute Gasteiger partial charge is 0.215 e. The molecular weight excluding hydrogens is 274 g/mol. The second-order valence-electron chi connectivity index (χ2n) is 6.09. The van der Waals surface area contributed by atoms with Gasteiger partial charge in [0, 0.05) is 25.2 Å². The Bertz CT molecular complexity index is 342. The third-order valence-electron chi connectivity index (χ3n) is 3.47. The minimum Gasteiger partial charge on any atom is -0.313 e. The zero-order chi connectivity index (χ0) is 15.8. The summed E-state index contributed by atoms with van der Waals surface area (Å²) in [5, 5.41) is 2.75. The van der Waals surface area contributed by atoms with Crippen LogP contribution in [0.1, 0.15) is 47.5 Å². The zero-order valence-electron chi connectivity index (χ0n) is 13.9. The van der Waals surface area contributed by atoms with Crippen LogP contribution in [0.3, 0.4) is 0 Å². The summed E-state index contributed by atoms with van der Waals surface area (Å²) in [5.74, 6) is 0. The quantitative estimate of drug-likeness (QED) is 0.567. The van der Waals surface area contributed by atoms with Gasteiger partial charge in [-0.15, -0.1) is 0 Å². The van der Waals surface area contributed by atoms with Gasteiger partial charge in [-0.1, -0.05) is 13.8 Å². The molecule has 0 rings (SSSR count). The van der Waals surface area contributed by atoms with E-state index in [-0.39, 0.29) is 0 Å². The summed E-state index contributed by atoms with van der Waals surface area (Å²) in [6.45, 7) is 12.1. The van der Waals surface area contributed by atoms with Gasteiger partial charge in [-0.25, -0.2) is 13.1 Å². The zero-order valence-corrected chi connectivity index (χ0v) is 14.8. The normalized spacial score (nSPS) is 14.4. The van der Waals surface area contributed by atoms with Crippen molar-refractivity contribution in [3.05, 3.63) is 0 Å². The highest BCUT2D eigenvalue weighted by molar-refractivity contribution is 7.90. The average Bonchev–Trinajstić information content (AvgIpc) is 2.34. The maximum atomic E-state index is 12.0. The van der Waals surface area contributed by atoms with Gasteiger partial charge in [0.15, 0.2) is 0 Å². The van der Waals surface area contributed by atoms with Crippen molar-refractivity contribution in [2.75, 3.05) is 26.7 Å². The molecule has 0 saturated carbocycles. The van der Waals surface area contributed by atoms with Crippen molar-refractivity contribution < 1.29 is 8.42 Å². The van der Waals surface area contributed by atoms with Crippen LogP contribution in [0.2, 0.25) is 0 Å². The fourth-order valence-corrected chi connectivity index (χ4v) is 2.64. The SMILES string of the molecule is CC(C)NCC(C)S(=O)(=O)NCCCCN(C)C(C)C. The van der Waals surface area contributed by atoms with E-state index in [0.29, 0.717) is 25.2 Å². The number of hydrogen-bond donors (Lipinski definition) is 2. The Morgan fingerprint density at radius 2 is 1.65 bits per heavy atom. The number of hydrogen-bond acceptors (Lipinski definition) is 4. The Labute approximate surface area is 125 Å². The summed E-state index contributed by atoms with van der Waals surface area (Å²) in [5.41, 5.74) is 0. The molecule has 0 aliphatic rings. The van der Waals surface area contributed by atoms with Crippen molar-refractivity contribution in [1.29, 1.82) is 0 Å². The summed E-state index contributed by atoms with van der Waals surface area (Å²) in [6.07, 6.45) is 1.89. The first-order valence-corrected chi connectivity index (χ1v) is 9.13. The van der Waals surface area contributed by atoms with Crippen molar-refractivity contribution in [2.45, 2.75) is 64.8 Å². The van der Waals surface area contributed by atoms with Gasteiger partial charge < -0.3 is 10.2 Å². The van der Waals surface area contributed by atoms with E-state index >= 15 is 0 Å². The van der Waals surface area contributed by atoms with E-state index in [2.05, 4.69) is 35.8 Å². The highest BCUT2D eigenvalue weighted by Crippen LogP contribution is 2.00. The Morgan fingerprint density at radius 1 is 1.05 bits per heavy atom. The van der Waals surface area contributed by atoms with Crippen LogP contribution in [0.4, 0.5) is 0 Å². The highest BCUT2D eigenvalue weighted by Gasteiger charge is 2.19. The first-order chi connectivity index (χ1) is 9.16. The predicted molar refractivity (Wildman–Crippen MR) is 86.5 cm³/mol. The molecule has 5 nitrogen and oxygen atoms in total. The second-order valence-corrected chi connectivity index (χ2v) is 8.28. The van der Waals surface area contributed by atoms with E-state index in [1.165, 1.54) is 0 Å². The van der Waals surface area contributed by atoms with Crippen molar-refractivity contribution in [3.63, 3.8) is 0 Å². The minimum absolute atomic E-state index is 0.305. The van der Waals surface area contributed by atoms with Gasteiger partial charge in [-0.05, 0) is 47.2 Å². The van der Waals surface area contributed by atoms with E-state index < -0.39 is 15.3 Å². The number of nitrogens with zero attached hydrogens (tertiary/aromatic N) is 1. The fourth-order valence-electron chi connectivity index (χ4n) is 1.61. The maximum Gasteiger partial charge on any atom is 0.215 e. The Balaban J connectivity index is 3.87. The van der Waals surface area contributed by atoms with E-state index in [1.807, 2.05) is 13.8 Å². The lowest BCUT2D eigenvalue weighted by Gasteiger charge is -2.21. The van der Waals surface area contributed by atoms with Gasteiger partial charge in [0.05, 0.1) is 5.25 Å². The van der Waals surface area contributed by atoms with Gasteiger partial charge >= 0.3 is 0 Å². The van der Waals surface area contributed by atoms with Crippen molar-refractivity contribution in [3.8, 4) is 0 Å². The van der Waals surface area contributed by atoms with Crippen LogP contribution >= 0.6 is 0 Å². The van der Waals surface area contributed by atoms with E-state index in [0.717, 1.165) is 19.4 Å². The summed E-state index contributed by atoms with van der Waals surface area (Å²) in [4.78, 5) is 2.27. The Morgan fingerprint density at radius 3 is 2.15 bits per heavy atom. The third-order valence-corrected chi connectivity index (χ3v) is 5.30. The predicted octanol–water partition coefficient (Wildman–Crippen LogP) is 1.41. The van der Waals surface area contributed by atoms with Crippen LogP contribution in [0.5, 0.6) is 0 Å². The van der Waals surface area contributed by atoms with Crippen LogP contribution in [0.25, 0.3) is 0 Å². The molecule has 0 aromatic heterocycles. The molecule has 6 heteroatoms. The Kier molecular flexibility index (Phi) is 9.63. The molecule has 0 aliphatic carbocycles. The fraction of sp³-hybridized carbons (Fsp3) is 1.00. The molecule has 0 amide bonds. The van der Waals surface area contributed by atoms with E-state index in [9.17, 15) is 8.42 Å². The van der Waals surface area contributed by atoms with Crippen LogP contribution in [-0.4, -0.2) is 57.3 Å². The molecule has 1 atom stereocenters. The lowest BCUT2D eigenvalue weighted by Crippen LogP contribution is -2.41. The van der Waals surface area contributed by atoms with Crippen molar-refractivity contribution >= 4 is 10.0 Å². The molecule has 122 valence electrons. The van der Waals surface area contributed by atoms with Gasteiger partial charge in [-0.2, -0.15) is 0 Å². The molecule has 0 saturated heterocycles. The molecule has 0 aliphatic heterocycles. The lowest BCUT2D eigenvalue weighted by molar-refractivity contribution is 0.268. The van der Waals surface area contributed by atoms with Crippen LogP contribution in [0.15, 0.2) is 0 Å². The van der Waals surface area contributed by atoms with Crippen molar-refractivity contribution in [1.82, 2.24) is 14.9 Å². The lowest BCUT2D eigenvalue weighted by atomic mass is 10.2. The maximum absolute atomic E-state index is 12.0. The first-order valence-electron chi connectivity index (χ1n) is 7.59. The highest BCUT2D eigenvalue weighted by atomic mass is 32.2. The number of rotatable bonds is 11. The standard InChI is InChI=1S/C14H33N3O2S/c1-12(2)15-11-14(5)20(18,19)16-9-7-8-10-17(6)13(3)4/h12-16H,7-11H2,1-6H3. The second kappa shape index (κ2) is 9.71. The average molecular weight is 308 g/mol. The number of sulfonamides is 1. The largest absolute Gasteiger partial charge is 0.313 e. The molecule has 0 bridgehead atoms. The molecule has 0 heterocycles. The summed E-state index contributed by atoms with van der Waals surface area (Å²) < 4.78 is 26.7. The first kappa shape index (κ1) is 19.8. The summed E-state index contributed by atoms with van der Waals surface area (Å²) in [6, 6.07) is 0.841.